The van der Waals surface area contributed by atoms with E-state index in [0.29, 0.717) is 30.7 Å². The molecule has 1 aromatic carbocycles. The van der Waals surface area contributed by atoms with Crippen LogP contribution in [0.4, 0.5) is 5.69 Å². The fourth-order valence-electron chi connectivity index (χ4n) is 1.60. The molecule has 0 unspecified atom stereocenters. The minimum atomic E-state index is -0.397. The van der Waals surface area contributed by atoms with Gasteiger partial charge in [-0.05, 0) is 45.4 Å². The number of nitrogens with two attached hydrogens (primary N) is 1. The molecule has 5 heteroatoms. The number of esters is 1. The molecule has 5 nitrogen and oxygen atoms in total. The molecule has 0 aliphatic carbocycles. The van der Waals surface area contributed by atoms with Crippen LogP contribution in [0.25, 0.3) is 0 Å². The SMILES string of the molecule is CCOC(=O)c1cccc(NC(=O)CCC(C)(C)N)c1. The summed E-state index contributed by atoms with van der Waals surface area (Å²) in [6, 6.07) is 6.68. The van der Waals surface area contributed by atoms with Crippen LogP contribution in [0.2, 0.25) is 0 Å². The van der Waals surface area contributed by atoms with Crippen molar-refractivity contribution in [2.24, 2.45) is 5.73 Å². The summed E-state index contributed by atoms with van der Waals surface area (Å²) in [7, 11) is 0. The number of hydrogen-bond donors (Lipinski definition) is 2. The van der Waals surface area contributed by atoms with Crippen LogP contribution in [0.3, 0.4) is 0 Å². The van der Waals surface area contributed by atoms with Crippen LogP contribution in [0, 0.1) is 0 Å². The molecule has 0 aromatic heterocycles. The molecule has 0 aliphatic rings. The van der Waals surface area contributed by atoms with E-state index in [4.69, 9.17) is 10.5 Å². The molecule has 20 heavy (non-hydrogen) atoms. The second-order valence-corrected chi connectivity index (χ2v) is 5.34. The van der Waals surface area contributed by atoms with Gasteiger partial charge >= 0.3 is 5.97 Å². The quantitative estimate of drug-likeness (QED) is 0.782. The maximum atomic E-state index is 11.8. The molecular weight excluding hydrogens is 256 g/mol. The molecule has 0 atom stereocenters. The van der Waals surface area contributed by atoms with Gasteiger partial charge in [0.25, 0.3) is 0 Å². The van der Waals surface area contributed by atoms with Crippen molar-refractivity contribution in [3.8, 4) is 0 Å². The van der Waals surface area contributed by atoms with Gasteiger partial charge in [0, 0.05) is 17.6 Å². The van der Waals surface area contributed by atoms with E-state index < -0.39 is 5.97 Å². The van der Waals surface area contributed by atoms with Crippen LogP contribution in [-0.2, 0) is 9.53 Å². The fraction of sp³-hybridized carbons (Fsp3) is 0.467. The molecule has 3 N–H and O–H groups in total. The highest BCUT2D eigenvalue weighted by atomic mass is 16.5. The second kappa shape index (κ2) is 7.05. The fourth-order valence-corrected chi connectivity index (χ4v) is 1.60. The van der Waals surface area contributed by atoms with Gasteiger partial charge < -0.3 is 15.8 Å². The summed E-state index contributed by atoms with van der Waals surface area (Å²) in [6.07, 6.45) is 0.934. The first-order valence-electron chi connectivity index (χ1n) is 6.68. The van der Waals surface area contributed by atoms with E-state index in [1.165, 1.54) is 0 Å². The van der Waals surface area contributed by atoms with Gasteiger partial charge in [-0.25, -0.2) is 4.79 Å². The first-order chi connectivity index (χ1) is 9.31. The number of amides is 1. The summed E-state index contributed by atoms with van der Waals surface area (Å²) in [5.41, 5.74) is 6.46. The summed E-state index contributed by atoms with van der Waals surface area (Å²) in [4.78, 5) is 23.4. The molecule has 1 rings (SSSR count). The van der Waals surface area contributed by atoms with Gasteiger partial charge in [-0.15, -0.1) is 0 Å². The third kappa shape index (κ3) is 5.84. The van der Waals surface area contributed by atoms with Crippen molar-refractivity contribution in [1.29, 1.82) is 0 Å². The molecule has 1 amide bonds. The molecule has 1 aromatic rings. The van der Waals surface area contributed by atoms with Gasteiger partial charge in [0.2, 0.25) is 5.91 Å². The first-order valence-corrected chi connectivity index (χ1v) is 6.68. The number of carbonyl (C=O) groups is 2. The average molecular weight is 278 g/mol. The van der Waals surface area contributed by atoms with Gasteiger partial charge in [-0.2, -0.15) is 0 Å². The Morgan fingerprint density at radius 3 is 2.65 bits per heavy atom. The molecule has 0 saturated heterocycles. The molecule has 0 bridgehead atoms. The van der Waals surface area contributed by atoms with Crippen molar-refractivity contribution >= 4 is 17.6 Å². The number of nitrogens with one attached hydrogen (secondary N) is 1. The van der Waals surface area contributed by atoms with Crippen molar-refractivity contribution in [1.82, 2.24) is 0 Å². The van der Waals surface area contributed by atoms with E-state index in [-0.39, 0.29) is 11.4 Å². The lowest BCUT2D eigenvalue weighted by Crippen LogP contribution is -2.33. The molecule has 0 radical (unpaired) electrons. The van der Waals surface area contributed by atoms with E-state index in [2.05, 4.69) is 5.32 Å². The van der Waals surface area contributed by atoms with E-state index >= 15 is 0 Å². The maximum Gasteiger partial charge on any atom is 0.338 e. The van der Waals surface area contributed by atoms with E-state index in [1.54, 1.807) is 31.2 Å². The lowest BCUT2D eigenvalue weighted by molar-refractivity contribution is -0.116. The number of rotatable bonds is 6. The largest absolute Gasteiger partial charge is 0.462 e. The average Bonchev–Trinajstić information content (AvgIpc) is 2.36. The minimum absolute atomic E-state index is 0.121. The van der Waals surface area contributed by atoms with Crippen LogP contribution in [-0.4, -0.2) is 24.0 Å². The first kappa shape index (κ1) is 16.2. The second-order valence-electron chi connectivity index (χ2n) is 5.34. The Labute approximate surface area is 119 Å². The molecule has 0 heterocycles. The Kier molecular flexibility index (Phi) is 5.70. The monoisotopic (exact) mass is 278 g/mol. The predicted octanol–water partition coefficient (Wildman–Crippen LogP) is 2.32. The smallest absolute Gasteiger partial charge is 0.338 e. The van der Waals surface area contributed by atoms with Crippen LogP contribution < -0.4 is 11.1 Å². The number of hydrogen-bond acceptors (Lipinski definition) is 4. The number of anilines is 1. The van der Waals surface area contributed by atoms with E-state index in [9.17, 15) is 9.59 Å². The summed E-state index contributed by atoms with van der Waals surface area (Å²) in [5.74, 6) is -0.517. The van der Waals surface area contributed by atoms with Gasteiger partial charge in [0.15, 0.2) is 0 Å². The van der Waals surface area contributed by atoms with E-state index in [0.717, 1.165) is 0 Å². The summed E-state index contributed by atoms with van der Waals surface area (Å²) in [6.45, 7) is 5.82. The lowest BCUT2D eigenvalue weighted by Gasteiger charge is -2.17. The van der Waals surface area contributed by atoms with Crippen molar-refractivity contribution < 1.29 is 14.3 Å². The Hall–Kier alpha value is -1.88. The highest BCUT2D eigenvalue weighted by Crippen LogP contribution is 2.13. The van der Waals surface area contributed by atoms with Crippen LogP contribution in [0.15, 0.2) is 24.3 Å². The zero-order valence-corrected chi connectivity index (χ0v) is 12.2. The third-order valence-corrected chi connectivity index (χ3v) is 2.65. The Morgan fingerprint density at radius 1 is 1.35 bits per heavy atom. The Bertz CT molecular complexity index is 478. The normalized spacial score (nSPS) is 11.0. The van der Waals surface area contributed by atoms with Crippen molar-refractivity contribution in [2.45, 2.75) is 39.2 Å². The molecular formula is C15H22N2O3. The van der Waals surface area contributed by atoms with Gasteiger partial charge in [0.1, 0.15) is 0 Å². The number of carbonyl (C=O) groups excluding carboxylic acids is 2. The molecule has 110 valence electrons. The van der Waals surface area contributed by atoms with Crippen molar-refractivity contribution in [3.63, 3.8) is 0 Å². The predicted molar refractivity (Wildman–Crippen MR) is 78.5 cm³/mol. The number of ether oxygens (including phenoxy) is 1. The Morgan fingerprint density at radius 2 is 2.05 bits per heavy atom. The summed E-state index contributed by atoms with van der Waals surface area (Å²) < 4.78 is 4.91. The summed E-state index contributed by atoms with van der Waals surface area (Å²) >= 11 is 0. The molecule has 0 spiro atoms. The van der Waals surface area contributed by atoms with Crippen molar-refractivity contribution in [2.75, 3.05) is 11.9 Å². The minimum Gasteiger partial charge on any atom is -0.462 e. The van der Waals surface area contributed by atoms with Crippen LogP contribution >= 0.6 is 0 Å². The highest BCUT2D eigenvalue weighted by Gasteiger charge is 2.14. The van der Waals surface area contributed by atoms with Crippen LogP contribution in [0.1, 0.15) is 44.0 Å². The zero-order valence-electron chi connectivity index (χ0n) is 12.2. The van der Waals surface area contributed by atoms with Gasteiger partial charge in [-0.1, -0.05) is 6.07 Å². The lowest BCUT2D eigenvalue weighted by atomic mass is 10.00. The molecule has 0 aliphatic heterocycles. The van der Waals surface area contributed by atoms with E-state index in [1.807, 2.05) is 13.8 Å². The van der Waals surface area contributed by atoms with Crippen molar-refractivity contribution in [3.05, 3.63) is 29.8 Å². The maximum absolute atomic E-state index is 11.8. The van der Waals surface area contributed by atoms with Gasteiger partial charge in [-0.3, -0.25) is 4.79 Å². The zero-order chi connectivity index (χ0) is 15.2. The number of benzene rings is 1. The topological polar surface area (TPSA) is 81.4 Å². The standard InChI is InChI=1S/C15H22N2O3/c1-4-20-14(19)11-6-5-7-12(10-11)17-13(18)8-9-15(2,3)16/h5-7,10H,4,8-9,16H2,1-3H3,(H,17,18). The summed E-state index contributed by atoms with van der Waals surface area (Å²) in [5, 5.41) is 2.75. The highest BCUT2D eigenvalue weighted by molar-refractivity contribution is 5.94. The Balaban J connectivity index is 2.62. The van der Waals surface area contributed by atoms with Gasteiger partial charge in [0.05, 0.1) is 12.2 Å². The van der Waals surface area contributed by atoms with Crippen LogP contribution in [0.5, 0.6) is 0 Å². The molecule has 0 fully saturated rings. The third-order valence-electron chi connectivity index (χ3n) is 2.65. The molecule has 0 saturated carbocycles.